The van der Waals surface area contributed by atoms with Crippen LogP contribution < -0.4 is 4.89 Å². The largest absolute Gasteiger partial charge is 0.756 e. The summed E-state index contributed by atoms with van der Waals surface area (Å²) in [6, 6.07) is 0. The van der Waals surface area contributed by atoms with E-state index in [0.29, 0.717) is 23.9 Å². The second-order valence-corrected chi connectivity index (χ2v) is 21.3. The predicted octanol–water partition coefficient (Wildman–Crippen LogP) is 17.2. The van der Waals surface area contributed by atoms with Crippen LogP contribution in [0.2, 0.25) is 0 Å². The number of quaternary nitrogens is 1. The second-order valence-electron chi connectivity index (χ2n) is 19.9. The Hall–Kier alpha value is -3.33. The molecule has 0 aliphatic carbocycles. The smallest absolute Gasteiger partial charge is 0.306 e. The van der Waals surface area contributed by atoms with Crippen molar-refractivity contribution in [3.8, 4) is 0 Å². The minimum Gasteiger partial charge on any atom is -0.756 e. The maximum absolute atomic E-state index is 12.8. The first-order chi connectivity index (χ1) is 35.0. The number of unbranched alkanes of at least 4 members (excludes halogenated alkanes) is 19. The summed E-state index contributed by atoms with van der Waals surface area (Å²) in [4.78, 5) is 37.7. The van der Waals surface area contributed by atoms with Crippen molar-refractivity contribution < 1.29 is 42.1 Å². The van der Waals surface area contributed by atoms with E-state index in [4.69, 9.17) is 18.5 Å². The molecule has 0 aromatic carbocycles. The first-order valence-electron chi connectivity index (χ1n) is 28.6. The lowest BCUT2D eigenvalue weighted by molar-refractivity contribution is -0.870. The van der Waals surface area contributed by atoms with Gasteiger partial charge in [-0.2, -0.15) is 0 Å². The molecular weight excluding hydrogens is 918 g/mol. The molecule has 0 spiro atoms. The summed E-state index contributed by atoms with van der Waals surface area (Å²) in [5.41, 5.74) is 0. The molecule has 10 heteroatoms. The van der Waals surface area contributed by atoms with Gasteiger partial charge in [0.15, 0.2) is 6.10 Å². The van der Waals surface area contributed by atoms with E-state index in [1.807, 2.05) is 33.3 Å². The Balaban J connectivity index is 4.04. The number of rotatable bonds is 51. The number of carbonyl (C=O) groups excluding carboxylic acids is 2. The highest BCUT2D eigenvalue weighted by Gasteiger charge is 2.21. The van der Waals surface area contributed by atoms with Crippen molar-refractivity contribution in [2.45, 2.75) is 225 Å². The third-order valence-corrected chi connectivity index (χ3v) is 12.8. The fourth-order valence-corrected chi connectivity index (χ4v) is 8.19. The summed E-state index contributed by atoms with van der Waals surface area (Å²) < 4.78 is 34.0. The normalized spacial score (nSPS) is 14.1. The predicted molar refractivity (Wildman–Crippen MR) is 305 cm³/mol. The first-order valence-corrected chi connectivity index (χ1v) is 30.1. The number of carbonyl (C=O) groups is 2. The zero-order valence-corrected chi connectivity index (χ0v) is 47.5. The third kappa shape index (κ3) is 56.0. The first kappa shape index (κ1) is 68.7. The number of phosphoric acid groups is 1. The third-order valence-electron chi connectivity index (χ3n) is 11.8. The fraction of sp³-hybridized carbons (Fsp3) is 0.677. The van der Waals surface area contributed by atoms with Gasteiger partial charge in [0.25, 0.3) is 7.82 Å². The summed E-state index contributed by atoms with van der Waals surface area (Å²) in [7, 11) is 1.12. The standard InChI is InChI=1S/C62H106NO8P/c1-6-8-10-12-14-16-18-20-21-22-23-24-25-26-27-28-29-30-31-32-33-34-35-36-37-38-39-40-41-43-45-47-49-51-53-55-62(65)71-60(59-70-72(66,67)69-57-56-63(3,4)5)58-68-61(64)54-52-50-48-46-44-42-19-17-15-13-11-9-7-2/h8-11,14-17,20-21,23-24,26-27,42,44,48,50,60H,6-7,12-13,18-19,22,25,28-41,43,45-47,49,51-59H2,1-5H3/b10-8-,11-9-,16-14-,17-15-,21-20-,24-23-,27-26-,44-42-,50-48-. The van der Waals surface area contributed by atoms with Crippen LogP contribution in [0, 0.1) is 0 Å². The molecule has 2 atom stereocenters. The number of phosphoric ester groups is 1. The van der Waals surface area contributed by atoms with E-state index >= 15 is 0 Å². The number of hydrogen-bond donors (Lipinski definition) is 0. The highest BCUT2D eigenvalue weighted by Crippen LogP contribution is 2.38. The number of esters is 2. The molecule has 0 fully saturated rings. The average molecular weight is 1020 g/mol. The zero-order chi connectivity index (χ0) is 52.7. The van der Waals surface area contributed by atoms with Gasteiger partial charge in [0.2, 0.25) is 0 Å². The van der Waals surface area contributed by atoms with E-state index in [1.165, 1.54) is 103 Å². The van der Waals surface area contributed by atoms with Crippen LogP contribution in [-0.2, 0) is 32.7 Å². The number of ether oxygens (including phenoxy) is 2. The molecule has 72 heavy (non-hydrogen) atoms. The lowest BCUT2D eigenvalue weighted by Crippen LogP contribution is -2.37. The Morgan fingerprint density at radius 2 is 0.778 bits per heavy atom. The molecule has 9 nitrogen and oxygen atoms in total. The SMILES string of the molecule is CC/C=C\C/C=C\C/C=C\C/C=C\C/C=C\CCCCCCCCCCCCCCCCCCCCCC(=O)OC(COC(=O)CC/C=C\C/C=C\C/C=C\C/C=C\CC)COP(=O)([O-])OCC[N+](C)(C)C. The minimum atomic E-state index is -4.65. The Bertz CT molecular complexity index is 1580. The molecule has 0 aliphatic rings. The molecule has 0 rings (SSSR count). The molecule has 0 aromatic rings. The van der Waals surface area contributed by atoms with Crippen LogP contribution in [0.15, 0.2) is 109 Å². The van der Waals surface area contributed by atoms with Crippen molar-refractivity contribution in [1.29, 1.82) is 0 Å². The Morgan fingerprint density at radius 1 is 0.431 bits per heavy atom. The van der Waals surface area contributed by atoms with Crippen LogP contribution in [0.5, 0.6) is 0 Å². The maximum Gasteiger partial charge on any atom is 0.306 e. The topological polar surface area (TPSA) is 111 Å². The molecule has 2 unspecified atom stereocenters. The van der Waals surface area contributed by atoms with Gasteiger partial charge in [-0.25, -0.2) is 0 Å². The molecule has 0 saturated carbocycles. The van der Waals surface area contributed by atoms with Crippen molar-refractivity contribution >= 4 is 19.8 Å². The van der Waals surface area contributed by atoms with Crippen molar-refractivity contribution in [3.63, 3.8) is 0 Å². The fourth-order valence-electron chi connectivity index (χ4n) is 7.46. The van der Waals surface area contributed by atoms with Crippen LogP contribution in [0.1, 0.15) is 219 Å². The summed E-state index contributed by atoms with van der Waals surface area (Å²) >= 11 is 0. The van der Waals surface area contributed by atoms with Crippen molar-refractivity contribution in [1.82, 2.24) is 0 Å². The van der Waals surface area contributed by atoms with Crippen LogP contribution in [-0.4, -0.2) is 70.0 Å². The van der Waals surface area contributed by atoms with Crippen LogP contribution in [0.4, 0.5) is 0 Å². The van der Waals surface area contributed by atoms with Crippen molar-refractivity contribution in [2.75, 3.05) is 47.5 Å². The number of nitrogens with zero attached hydrogens (tertiary/aromatic N) is 1. The van der Waals surface area contributed by atoms with E-state index in [1.54, 1.807) is 0 Å². The van der Waals surface area contributed by atoms with Crippen LogP contribution >= 0.6 is 7.82 Å². The zero-order valence-electron chi connectivity index (χ0n) is 46.6. The second kappa shape index (κ2) is 52.5. The van der Waals surface area contributed by atoms with E-state index < -0.39 is 32.5 Å². The average Bonchev–Trinajstić information content (AvgIpc) is 3.34. The molecule has 0 amide bonds. The van der Waals surface area contributed by atoms with Gasteiger partial charge >= 0.3 is 11.9 Å². The highest BCUT2D eigenvalue weighted by molar-refractivity contribution is 7.45. The van der Waals surface area contributed by atoms with Crippen LogP contribution in [0.25, 0.3) is 0 Å². The molecule has 0 heterocycles. The molecule has 0 aliphatic heterocycles. The molecule has 0 bridgehead atoms. The van der Waals surface area contributed by atoms with Gasteiger partial charge in [-0.15, -0.1) is 0 Å². The van der Waals surface area contributed by atoms with Gasteiger partial charge < -0.3 is 27.9 Å². The Morgan fingerprint density at radius 3 is 1.17 bits per heavy atom. The molecule has 0 saturated heterocycles. The Kier molecular flexibility index (Phi) is 50.1. The van der Waals surface area contributed by atoms with E-state index in [0.717, 1.165) is 77.0 Å². The molecule has 0 aromatic heterocycles. The van der Waals surface area contributed by atoms with E-state index in [2.05, 4.69) is 111 Å². The summed E-state index contributed by atoms with van der Waals surface area (Å²) in [5, 5.41) is 0. The molecule has 0 N–H and O–H groups in total. The highest BCUT2D eigenvalue weighted by atomic mass is 31.2. The minimum absolute atomic E-state index is 0.0448. The molecular formula is C62H106NO8P. The van der Waals surface area contributed by atoms with E-state index in [-0.39, 0.29) is 26.1 Å². The summed E-state index contributed by atoms with van der Waals surface area (Å²) in [6.45, 7) is 3.91. The summed E-state index contributed by atoms with van der Waals surface area (Å²) in [5.74, 6) is -0.930. The number of likely N-dealkylation sites (N-methyl/N-ethyl adjacent to an activating group) is 1. The van der Waals surface area contributed by atoms with Gasteiger partial charge in [0.05, 0.1) is 27.7 Å². The number of hydrogen-bond acceptors (Lipinski definition) is 8. The quantitative estimate of drug-likeness (QED) is 0.0195. The van der Waals surface area contributed by atoms with Crippen molar-refractivity contribution in [2.24, 2.45) is 0 Å². The lowest BCUT2D eigenvalue weighted by Gasteiger charge is -2.28. The van der Waals surface area contributed by atoms with Gasteiger partial charge in [0, 0.05) is 12.8 Å². The van der Waals surface area contributed by atoms with Gasteiger partial charge in [-0.1, -0.05) is 232 Å². The van der Waals surface area contributed by atoms with E-state index in [9.17, 15) is 19.0 Å². The van der Waals surface area contributed by atoms with Gasteiger partial charge in [-0.3, -0.25) is 14.2 Å². The summed E-state index contributed by atoms with van der Waals surface area (Å²) in [6.07, 6.45) is 73.2. The van der Waals surface area contributed by atoms with Crippen molar-refractivity contribution in [3.05, 3.63) is 109 Å². The van der Waals surface area contributed by atoms with Crippen LogP contribution in [0.3, 0.4) is 0 Å². The monoisotopic (exact) mass is 1020 g/mol. The molecule has 0 radical (unpaired) electrons. The maximum atomic E-state index is 12.8. The Labute approximate surface area is 442 Å². The lowest BCUT2D eigenvalue weighted by atomic mass is 10.0. The van der Waals surface area contributed by atoms with Gasteiger partial charge in [-0.05, 0) is 83.5 Å². The number of allylic oxidation sites excluding steroid dienone is 18. The molecule has 412 valence electrons. The van der Waals surface area contributed by atoms with Gasteiger partial charge in [0.1, 0.15) is 19.8 Å².